The Morgan fingerprint density at radius 2 is 2.00 bits per heavy atom. The minimum absolute atomic E-state index is 0.0402. The fraction of sp³-hybridized carbons (Fsp3) is 0.312. The quantitative estimate of drug-likeness (QED) is 0.687. The third-order valence-corrected chi connectivity index (χ3v) is 4.68. The maximum Gasteiger partial charge on any atom is 0.255 e. The number of rotatable bonds is 9. The van der Waals surface area contributed by atoms with Crippen LogP contribution in [-0.4, -0.2) is 40.8 Å². The number of ether oxygens (including phenoxy) is 2. The zero-order chi connectivity index (χ0) is 18.3. The number of hydrogen-bond donors (Lipinski definition) is 2. The topological polar surface area (TPSA) is 107 Å². The number of benzene rings is 1. The molecule has 0 aliphatic heterocycles. The highest BCUT2D eigenvalue weighted by Gasteiger charge is 2.15. The van der Waals surface area contributed by atoms with Gasteiger partial charge in [0.15, 0.2) is 0 Å². The Bertz CT molecular complexity index is 802. The van der Waals surface area contributed by atoms with Gasteiger partial charge in [-0.05, 0) is 24.3 Å². The zero-order valence-corrected chi connectivity index (χ0v) is 14.8. The molecule has 1 amide bonds. The summed E-state index contributed by atoms with van der Waals surface area (Å²) in [7, 11) is -0.590. The van der Waals surface area contributed by atoms with E-state index in [1.807, 2.05) is 0 Å². The van der Waals surface area contributed by atoms with Gasteiger partial charge in [-0.2, -0.15) is 0 Å². The molecule has 136 valence electrons. The van der Waals surface area contributed by atoms with Gasteiger partial charge in [0.05, 0.1) is 38.3 Å². The molecule has 0 fully saturated rings. The lowest BCUT2D eigenvalue weighted by molar-refractivity contribution is 0.0953. The van der Waals surface area contributed by atoms with Crippen LogP contribution in [0.5, 0.6) is 11.5 Å². The van der Waals surface area contributed by atoms with E-state index in [2.05, 4.69) is 10.0 Å². The number of carbonyl (C=O) groups is 1. The Balaban J connectivity index is 1.87. The van der Waals surface area contributed by atoms with Crippen molar-refractivity contribution < 1.29 is 27.1 Å². The van der Waals surface area contributed by atoms with E-state index in [-0.39, 0.29) is 18.8 Å². The van der Waals surface area contributed by atoms with Gasteiger partial charge in [0, 0.05) is 12.6 Å². The van der Waals surface area contributed by atoms with E-state index in [9.17, 15) is 13.2 Å². The van der Waals surface area contributed by atoms with E-state index in [4.69, 9.17) is 13.9 Å². The van der Waals surface area contributed by atoms with Crippen molar-refractivity contribution in [2.45, 2.75) is 6.54 Å². The molecule has 9 heteroatoms. The van der Waals surface area contributed by atoms with Gasteiger partial charge < -0.3 is 19.2 Å². The lowest BCUT2D eigenvalue weighted by atomic mass is 10.2. The first-order chi connectivity index (χ1) is 11.9. The summed E-state index contributed by atoms with van der Waals surface area (Å²) in [6.07, 6.45) is 1.46. The lowest BCUT2D eigenvalue weighted by Crippen LogP contribution is -2.34. The van der Waals surface area contributed by atoms with Gasteiger partial charge in [-0.3, -0.25) is 4.79 Å². The summed E-state index contributed by atoms with van der Waals surface area (Å²) in [5, 5.41) is 2.56. The second-order valence-corrected chi connectivity index (χ2v) is 6.97. The molecule has 2 rings (SSSR count). The van der Waals surface area contributed by atoms with Crippen molar-refractivity contribution in [1.82, 2.24) is 10.0 Å². The van der Waals surface area contributed by atoms with Crippen LogP contribution in [0.4, 0.5) is 0 Å². The average Bonchev–Trinajstić information content (AvgIpc) is 3.13. The predicted octanol–water partition coefficient (Wildman–Crippen LogP) is 1.15. The van der Waals surface area contributed by atoms with Crippen molar-refractivity contribution in [2.75, 3.05) is 26.5 Å². The molecule has 0 saturated carbocycles. The van der Waals surface area contributed by atoms with E-state index in [1.165, 1.54) is 20.5 Å². The summed E-state index contributed by atoms with van der Waals surface area (Å²) >= 11 is 0. The minimum atomic E-state index is -3.54. The number of hydrogen-bond acceptors (Lipinski definition) is 6. The molecule has 2 aromatic rings. The number of nitrogens with one attached hydrogen (secondary N) is 2. The van der Waals surface area contributed by atoms with Crippen LogP contribution < -0.4 is 19.5 Å². The molecular formula is C16H20N2O6S. The molecule has 0 saturated heterocycles. The summed E-state index contributed by atoms with van der Waals surface area (Å²) in [4.78, 5) is 12.2. The Morgan fingerprint density at radius 1 is 1.20 bits per heavy atom. The molecule has 8 nitrogen and oxygen atoms in total. The molecule has 1 aromatic carbocycles. The third kappa shape index (κ3) is 5.50. The first kappa shape index (κ1) is 18.8. The highest BCUT2D eigenvalue weighted by Crippen LogP contribution is 2.24. The van der Waals surface area contributed by atoms with E-state index in [0.717, 1.165) is 0 Å². The zero-order valence-electron chi connectivity index (χ0n) is 13.9. The van der Waals surface area contributed by atoms with Crippen molar-refractivity contribution >= 4 is 15.9 Å². The van der Waals surface area contributed by atoms with Crippen molar-refractivity contribution in [1.29, 1.82) is 0 Å². The molecule has 1 aromatic heterocycles. The van der Waals surface area contributed by atoms with Crippen LogP contribution >= 0.6 is 0 Å². The number of carbonyl (C=O) groups excluding carboxylic acids is 1. The summed E-state index contributed by atoms with van der Waals surface area (Å²) in [5.41, 5.74) is 0.296. The highest BCUT2D eigenvalue weighted by atomic mass is 32.2. The largest absolute Gasteiger partial charge is 0.497 e. The number of amides is 1. The lowest BCUT2D eigenvalue weighted by Gasteiger charge is -2.11. The van der Waals surface area contributed by atoms with Crippen LogP contribution in [-0.2, 0) is 16.6 Å². The molecule has 1 heterocycles. The summed E-state index contributed by atoms with van der Waals surface area (Å²) in [6.45, 7) is 0.0249. The van der Waals surface area contributed by atoms with Crippen molar-refractivity contribution in [3.8, 4) is 11.5 Å². The standard InChI is InChI=1S/C16H20N2O6S/c1-22-12-5-6-14(15(10-12)23-2)16(19)17-7-9-25(20,21)18-11-13-4-3-8-24-13/h3-6,8,10,18H,7,9,11H2,1-2H3,(H,17,19). The van der Waals surface area contributed by atoms with Gasteiger partial charge in [0.2, 0.25) is 10.0 Å². The summed E-state index contributed by atoms with van der Waals surface area (Å²) < 4.78 is 41.5. The van der Waals surface area contributed by atoms with Crippen LogP contribution in [0, 0.1) is 0 Å². The number of sulfonamides is 1. The molecule has 0 aliphatic rings. The van der Waals surface area contributed by atoms with Crippen LogP contribution in [0.3, 0.4) is 0 Å². The number of furan rings is 1. The second-order valence-electron chi connectivity index (χ2n) is 5.04. The Labute approximate surface area is 146 Å². The molecule has 0 atom stereocenters. The molecule has 0 aliphatic carbocycles. The normalized spacial score (nSPS) is 11.1. The Hall–Kier alpha value is -2.52. The highest BCUT2D eigenvalue weighted by molar-refractivity contribution is 7.89. The van der Waals surface area contributed by atoms with E-state index >= 15 is 0 Å². The smallest absolute Gasteiger partial charge is 0.255 e. The monoisotopic (exact) mass is 368 g/mol. The minimum Gasteiger partial charge on any atom is -0.497 e. The van der Waals surface area contributed by atoms with Crippen LogP contribution in [0.15, 0.2) is 41.0 Å². The van der Waals surface area contributed by atoms with Crippen LogP contribution in [0.2, 0.25) is 0 Å². The summed E-state index contributed by atoms with van der Waals surface area (Å²) in [6, 6.07) is 8.10. The van der Waals surface area contributed by atoms with Crippen molar-refractivity contribution in [3.05, 3.63) is 47.9 Å². The third-order valence-electron chi connectivity index (χ3n) is 3.36. The van der Waals surface area contributed by atoms with Crippen molar-refractivity contribution in [2.24, 2.45) is 0 Å². The van der Waals surface area contributed by atoms with E-state index in [1.54, 1.807) is 30.3 Å². The van der Waals surface area contributed by atoms with Gasteiger partial charge >= 0.3 is 0 Å². The Kier molecular flexibility index (Phi) is 6.43. The Morgan fingerprint density at radius 3 is 2.64 bits per heavy atom. The van der Waals surface area contributed by atoms with Crippen LogP contribution in [0.25, 0.3) is 0 Å². The predicted molar refractivity (Wildman–Crippen MR) is 91.2 cm³/mol. The molecule has 25 heavy (non-hydrogen) atoms. The van der Waals surface area contributed by atoms with E-state index in [0.29, 0.717) is 22.8 Å². The van der Waals surface area contributed by atoms with Gasteiger partial charge in [-0.25, -0.2) is 13.1 Å². The van der Waals surface area contributed by atoms with E-state index < -0.39 is 15.9 Å². The van der Waals surface area contributed by atoms with Gasteiger partial charge in [-0.1, -0.05) is 0 Å². The fourth-order valence-electron chi connectivity index (χ4n) is 2.05. The molecule has 0 radical (unpaired) electrons. The fourth-order valence-corrected chi connectivity index (χ4v) is 2.92. The molecule has 0 spiro atoms. The second kappa shape index (κ2) is 8.54. The van der Waals surface area contributed by atoms with Crippen LogP contribution in [0.1, 0.15) is 16.1 Å². The average molecular weight is 368 g/mol. The SMILES string of the molecule is COc1ccc(C(=O)NCCS(=O)(=O)NCc2ccco2)c(OC)c1. The first-order valence-electron chi connectivity index (χ1n) is 7.45. The van der Waals surface area contributed by atoms with Crippen molar-refractivity contribution in [3.63, 3.8) is 0 Å². The molecular weight excluding hydrogens is 348 g/mol. The maximum absolute atomic E-state index is 12.2. The first-order valence-corrected chi connectivity index (χ1v) is 9.10. The number of methoxy groups -OCH3 is 2. The molecule has 2 N–H and O–H groups in total. The van der Waals surface area contributed by atoms with Gasteiger partial charge in [-0.15, -0.1) is 0 Å². The van der Waals surface area contributed by atoms with Gasteiger partial charge in [0.1, 0.15) is 17.3 Å². The molecule has 0 bridgehead atoms. The summed E-state index contributed by atoms with van der Waals surface area (Å²) in [5.74, 6) is 0.725. The molecule has 0 unspecified atom stereocenters. The van der Waals surface area contributed by atoms with Gasteiger partial charge in [0.25, 0.3) is 5.91 Å². The maximum atomic E-state index is 12.2.